The predicted octanol–water partition coefficient (Wildman–Crippen LogP) is 4.40. The predicted molar refractivity (Wildman–Crippen MR) is 113 cm³/mol. The van der Waals surface area contributed by atoms with E-state index >= 15 is 0 Å². The summed E-state index contributed by atoms with van der Waals surface area (Å²) < 4.78 is 27.3. The number of hydrogen-bond donors (Lipinski definition) is 1. The first-order valence-electron chi connectivity index (χ1n) is 9.02. The van der Waals surface area contributed by atoms with Gasteiger partial charge in [-0.3, -0.25) is 10.1 Å². The van der Waals surface area contributed by atoms with Gasteiger partial charge in [-0.25, -0.2) is 13.1 Å². The van der Waals surface area contributed by atoms with Crippen LogP contribution in [0, 0.1) is 10.1 Å². The Hall–Kier alpha value is -3.29. The molecule has 0 aliphatic carbocycles. The molecule has 3 aromatic rings. The van der Waals surface area contributed by atoms with Crippen LogP contribution < -0.4 is 4.72 Å². The maximum Gasteiger partial charge on any atom is 0.269 e. The molecule has 3 rings (SSSR count). The molecule has 0 unspecified atom stereocenters. The van der Waals surface area contributed by atoms with Gasteiger partial charge < -0.3 is 0 Å². The summed E-state index contributed by atoms with van der Waals surface area (Å²) in [6, 6.07) is 24.6. The lowest BCUT2D eigenvalue weighted by Gasteiger charge is -2.10. The van der Waals surface area contributed by atoms with Gasteiger partial charge in [0.25, 0.3) is 5.69 Å². The fourth-order valence-corrected chi connectivity index (χ4v) is 3.93. The lowest BCUT2D eigenvalue weighted by Crippen LogP contribution is -2.24. The zero-order valence-electron chi connectivity index (χ0n) is 15.6. The largest absolute Gasteiger partial charge is 0.269 e. The number of nitro benzene ring substituents is 1. The molecule has 0 amide bonds. The van der Waals surface area contributed by atoms with Crippen LogP contribution in [-0.4, -0.2) is 19.9 Å². The second-order valence-electron chi connectivity index (χ2n) is 6.29. The number of rotatable bonds is 8. The van der Waals surface area contributed by atoms with Gasteiger partial charge >= 0.3 is 0 Å². The van der Waals surface area contributed by atoms with Crippen molar-refractivity contribution in [3.05, 3.63) is 112 Å². The topological polar surface area (TPSA) is 89.3 Å². The number of nitrogens with zero attached hydrogens (tertiary/aromatic N) is 1. The molecule has 0 saturated carbocycles. The monoisotopic (exact) mass is 408 g/mol. The maximum atomic E-state index is 12.4. The van der Waals surface area contributed by atoms with Crippen molar-refractivity contribution in [2.45, 2.75) is 11.3 Å². The van der Waals surface area contributed by atoms with E-state index < -0.39 is 14.9 Å². The van der Waals surface area contributed by atoms with Crippen molar-refractivity contribution >= 4 is 21.3 Å². The normalized spacial score (nSPS) is 11.0. The van der Waals surface area contributed by atoms with E-state index in [0.29, 0.717) is 6.42 Å². The van der Waals surface area contributed by atoms with Crippen molar-refractivity contribution in [1.82, 2.24) is 4.72 Å². The summed E-state index contributed by atoms with van der Waals surface area (Å²) in [5.74, 6) is 0. The summed E-state index contributed by atoms with van der Waals surface area (Å²) in [4.78, 5) is 10.1. The summed E-state index contributed by atoms with van der Waals surface area (Å²) in [6.45, 7) is 0.211. The van der Waals surface area contributed by atoms with Gasteiger partial charge in [0.1, 0.15) is 0 Å². The third-order valence-electron chi connectivity index (χ3n) is 4.31. The van der Waals surface area contributed by atoms with Crippen molar-refractivity contribution < 1.29 is 13.3 Å². The van der Waals surface area contributed by atoms with E-state index in [0.717, 1.165) is 16.7 Å². The summed E-state index contributed by atoms with van der Waals surface area (Å²) in [5, 5.41) is 10.7. The molecule has 6 nitrogen and oxygen atoms in total. The smallest absolute Gasteiger partial charge is 0.258 e. The highest BCUT2D eigenvalue weighted by Gasteiger charge is 2.15. The molecule has 0 spiro atoms. The molecule has 0 heterocycles. The Labute approximate surface area is 169 Å². The number of benzene rings is 3. The third-order valence-corrected chi connectivity index (χ3v) is 5.79. The van der Waals surface area contributed by atoms with Gasteiger partial charge in [-0.1, -0.05) is 66.7 Å². The van der Waals surface area contributed by atoms with Crippen LogP contribution in [-0.2, 0) is 10.0 Å². The first kappa shape index (κ1) is 20.4. The van der Waals surface area contributed by atoms with Gasteiger partial charge in [-0.15, -0.1) is 0 Å². The Morgan fingerprint density at radius 3 is 1.86 bits per heavy atom. The molecule has 0 aliphatic heterocycles. The second kappa shape index (κ2) is 9.27. The van der Waals surface area contributed by atoms with Gasteiger partial charge in [-0.2, -0.15) is 0 Å². The summed E-state index contributed by atoms with van der Waals surface area (Å²) >= 11 is 0. The Morgan fingerprint density at radius 1 is 0.862 bits per heavy atom. The summed E-state index contributed by atoms with van der Waals surface area (Å²) in [5.41, 5.74) is 2.98. The van der Waals surface area contributed by atoms with Crippen molar-refractivity contribution in [2.24, 2.45) is 0 Å². The Balaban J connectivity index is 1.71. The fourth-order valence-electron chi connectivity index (χ4n) is 2.88. The molecule has 0 atom stereocenters. The minimum absolute atomic E-state index is 0.00146. The molecule has 0 aliphatic rings. The first-order chi connectivity index (χ1) is 14.0. The molecule has 0 fully saturated rings. The van der Waals surface area contributed by atoms with Crippen LogP contribution in [0.4, 0.5) is 5.69 Å². The van der Waals surface area contributed by atoms with E-state index in [1.54, 1.807) is 0 Å². The lowest BCUT2D eigenvalue weighted by atomic mass is 9.97. The van der Waals surface area contributed by atoms with Crippen LogP contribution in [0.25, 0.3) is 5.57 Å². The van der Waals surface area contributed by atoms with Crippen LogP contribution in [0.1, 0.15) is 17.5 Å². The highest BCUT2D eigenvalue weighted by molar-refractivity contribution is 7.89. The molecule has 29 heavy (non-hydrogen) atoms. The second-order valence-corrected chi connectivity index (χ2v) is 8.05. The molecule has 1 N–H and O–H groups in total. The summed E-state index contributed by atoms with van der Waals surface area (Å²) in [6.07, 6.45) is 2.49. The Bertz CT molecular complexity index is 1050. The number of sulfonamides is 1. The zero-order valence-corrected chi connectivity index (χ0v) is 16.4. The molecular formula is C22H20N2O4S. The van der Waals surface area contributed by atoms with Gasteiger partial charge in [0.2, 0.25) is 10.0 Å². The van der Waals surface area contributed by atoms with Crippen molar-refractivity contribution in [2.75, 3.05) is 6.54 Å². The highest BCUT2D eigenvalue weighted by atomic mass is 32.2. The average molecular weight is 408 g/mol. The standard InChI is InChI=1S/C22H20N2O4S/c25-24(26)20-13-15-21(16-14-20)29(27,28)23-17-7-12-22(18-8-3-1-4-9-18)19-10-5-2-6-11-19/h1-6,8-16,23H,7,17H2. The Morgan fingerprint density at radius 2 is 1.38 bits per heavy atom. The van der Waals surface area contributed by atoms with E-state index in [-0.39, 0.29) is 17.1 Å². The molecule has 3 aromatic carbocycles. The number of nitrogens with one attached hydrogen (secondary N) is 1. The van der Waals surface area contributed by atoms with E-state index in [1.807, 2.05) is 66.7 Å². The third kappa shape index (κ3) is 5.37. The number of hydrogen-bond acceptors (Lipinski definition) is 4. The van der Waals surface area contributed by atoms with E-state index in [9.17, 15) is 18.5 Å². The van der Waals surface area contributed by atoms with Crippen LogP contribution in [0.5, 0.6) is 0 Å². The van der Waals surface area contributed by atoms with E-state index in [1.165, 1.54) is 24.3 Å². The molecule has 7 heteroatoms. The Kier molecular flexibility index (Phi) is 6.54. The van der Waals surface area contributed by atoms with Crippen LogP contribution >= 0.6 is 0 Å². The lowest BCUT2D eigenvalue weighted by molar-refractivity contribution is -0.384. The van der Waals surface area contributed by atoms with E-state index in [2.05, 4.69) is 4.72 Å². The molecule has 0 radical (unpaired) electrons. The zero-order chi connectivity index (χ0) is 20.7. The first-order valence-corrected chi connectivity index (χ1v) is 10.5. The van der Waals surface area contributed by atoms with E-state index in [4.69, 9.17) is 0 Å². The quantitative estimate of drug-likeness (QED) is 0.340. The van der Waals surface area contributed by atoms with Gasteiger partial charge in [-0.05, 0) is 35.3 Å². The molecular weight excluding hydrogens is 388 g/mol. The summed E-state index contributed by atoms with van der Waals surface area (Å²) in [7, 11) is -3.73. The molecule has 0 saturated heterocycles. The molecule has 0 aromatic heterocycles. The van der Waals surface area contributed by atoms with Crippen molar-refractivity contribution in [3.63, 3.8) is 0 Å². The number of nitro groups is 1. The van der Waals surface area contributed by atoms with Crippen LogP contribution in [0.15, 0.2) is 95.9 Å². The fraction of sp³-hybridized carbons (Fsp3) is 0.0909. The molecule has 148 valence electrons. The SMILES string of the molecule is O=[N+]([O-])c1ccc(S(=O)(=O)NCCC=C(c2ccccc2)c2ccccc2)cc1. The minimum Gasteiger partial charge on any atom is -0.258 e. The van der Waals surface area contributed by atoms with Gasteiger partial charge in [0.15, 0.2) is 0 Å². The highest BCUT2D eigenvalue weighted by Crippen LogP contribution is 2.23. The number of non-ortho nitro benzene ring substituents is 1. The maximum absolute atomic E-state index is 12.4. The molecule has 0 bridgehead atoms. The van der Waals surface area contributed by atoms with Crippen LogP contribution in [0.3, 0.4) is 0 Å². The van der Waals surface area contributed by atoms with Crippen LogP contribution in [0.2, 0.25) is 0 Å². The van der Waals surface area contributed by atoms with Gasteiger partial charge in [0.05, 0.1) is 9.82 Å². The van der Waals surface area contributed by atoms with Gasteiger partial charge in [0, 0.05) is 18.7 Å². The van der Waals surface area contributed by atoms with Crippen molar-refractivity contribution in [3.8, 4) is 0 Å². The van der Waals surface area contributed by atoms with Crippen molar-refractivity contribution in [1.29, 1.82) is 0 Å². The minimum atomic E-state index is -3.73. The average Bonchev–Trinajstić information content (AvgIpc) is 2.75.